The van der Waals surface area contributed by atoms with Crippen LogP contribution >= 0.6 is 0 Å². The van der Waals surface area contributed by atoms with Gasteiger partial charge in [-0.3, -0.25) is 0 Å². The number of aromatic carboxylic acids is 1. The Hall–Kier alpha value is -3.74. The van der Waals surface area contributed by atoms with E-state index in [0.29, 0.717) is 36.1 Å². The van der Waals surface area contributed by atoms with Gasteiger partial charge in [0.25, 0.3) is 0 Å². The van der Waals surface area contributed by atoms with Crippen molar-refractivity contribution in [3.63, 3.8) is 0 Å². The number of carboxylic acid groups (broad SMARTS) is 1. The standard InChI is InChI=1S/C22H21N5O2/c1-3-17-25-20(27-22(26-17)23-12-14-8-5-4-6-9-14)18-13(2)24-19-15(18)10-7-11-16(19)21(28)29/h4-11,24H,3,12H2,1-2H3,(H,28,29)(H,23,25,26,27). The lowest BCUT2D eigenvalue weighted by Crippen LogP contribution is -2.08. The second kappa shape index (κ2) is 7.71. The molecule has 0 fully saturated rings. The molecular weight excluding hydrogens is 366 g/mol. The third kappa shape index (κ3) is 3.67. The van der Waals surface area contributed by atoms with Gasteiger partial charge >= 0.3 is 5.97 Å². The van der Waals surface area contributed by atoms with Crippen molar-refractivity contribution in [1.29, 1.82) is 0 Å². The predicted molar refractivity (Wildman–Crippen MR) is 112 cm³/mol. The normalized spacial score (nSPS) is 11.0. The first-order chi connectivity index (χ1) is 14.1. The molecule has 2 aromatic carbocycles. The highest BCUT2D eigenvalue weighted by Gasteiger charge is 2.19. The zero-order valence-electron chi connectivity index (χ0n) is 16.2. The molecule has 4 aromatic rings. The molecule has 0 atom stereocenters. The molecule has 0 unspecified atom stereocenters. The van der Waals surface area contributed by atoms with E-state index in [1.165, 1.54) is 0 Å². The highest BCUT2D eigenvalue weighted by atomic mass is 16.4. The first kappa shape index (κ1) is 18.6. The minimum Gasteiger partial charge on any atom is -0.478 e. The van der Waals surface area contributed by atoms with Crippen molar-refractivity contribution in [2.75, 3.05) is 5.32 Å². The molecular formula is C22H21N5O2. The molecule has 2 heterocycles. The van der Waals surface area contributed by atoms with E-state index in [1.807, 2.05) is 50.2 Å². The number of nitrogens with zero attached hydrogens (tertiary/aromatic N) is 3. The summed E-state index contributed by atoms with van der Waals surface area (Å²) in [6.45, 7) is 4.49. The lowest BCUT2D eigenvalue weighted by atomic mass is 10.1. The van der Waals surface area contributed by atoms with Crippen molar-refractivity contribution in [3.05, 3.63) is 71.2 Å². The van der Waals surface area contributed by atoms with Gasteiger partial charge in [-0.1, -0.05) is 49.4 Å². The van der Waals surface area contributed by atoms with E-state index in [2.05, 4.69) is 25.3 Å². The number of hydrogen-bond acceptors (Lipinski definition) is 5. The summed E-state index contributed by atoms with van der Waals surface area (Å²) in [5, 5.41) is 13.5. The van der Waals surface area contributed by atoms with Crippen LogP contribution in [0.3, 0.4) is 0 Å². The number of rotatable bonds is 6. The molecule has 4 rings (SSSR count). The monoisotopic (exact) mass is 387 g/mol. The Bertz CT molecular complexity index is 1180. The smallest absolute Gasteiger partial charge is 0.337 e. The van der Waals surface area contributed by atoms with Gasteiger partial charge < -0.3 is 15.4 Å². The molecule has 0 amide bonds. The van der Waals surface area contributed by atoms with Gasteiger partial charge in [0.15, 0.2) is 5.82 Å². The number of aromatic amines is 1. The van der Waals surface area contributed by atoms with Crippen LogP contribution in [0.25, 0.3) is 22.3 Å². The number of carbonyl (C=O) groups is 1. The molecule has 0 saturated carbocycles. The van der Waals surface area contributed by atoms with Crippen LogP contribution in [-0.2, 0) is 13.0 Å². The van der Waals surface area contributed by atoms with Crippen LogP contribution in [0.4, 0.5) is 5.95 Å². The molecule has 2 aromatic heterocycles. The Labute approximate surface area is 167 Å². The molecule has 0 saturated heterocycles. The van der Waals surface area contributed by atoms with Crippen molar-refractivity contribution < 1.29 is 9.90 Å². The minimum absolute atomic E-state index is 0.226. The highest BCUT2D eigenvalue weighted by Crippen LogP contribution is 2.32. The zero-order valence-corrected chi connectivity index (χ0v) is 16.2. The highest BCUT2D eigenvalue weighted by molar-refractivity contribution is 6.07. The number of H-pyrrole nitrogens is 1. The van der Waals surface area contributed by atoms with Gasteiger partial charge in [-0.2, -0.15) is 9.97 Å². The molecule has 0 aliphatic heterocycles. The number of fused-ring (bicyclic) bond motifs is 1. The van der Waals surface area contributed by atoms with Gasteiger partial charge in [0.05, 0.1) is 11.1 Å². The van der Waals surface area contributed by atoms with Crippen LogP contribution in [0.1, 0.15) is 34.4 Å². The van der Waals surface area contributed by atoms with E-state index in [1.54, 1.807) is 12.1 Å². The van der Waals surface area contributed by atoms with Gasteiger partial charge in [0, 0.05) is 29.6 Å². The van der Waals surface area contributed by atoms with E-state index in [-0.39, 0.29) is 5.56 Å². The third-order valence-electron chi connectivity index (χ3n) is 4.77. The maximum absolute atomic E-state index is 11.6. The minimum atomic E-state index is -0.974. The van der Waals surface area contributed by atoms with Gasteiger partial charge in [0.1, 0.15) is 5.82 Å². The summed E-state index contributed by atoms with van der Waals surface area (Å²) in [7, 11) is 0. The van der Waals surface area contributed by atoms with Crippen molar-refractivity contribution in [2.45, 2.75) is 26.8 Å². The van der Waals surface area contributed by atoms with Crippen LogP contribution in [0.15, 0.2) is 48.5 Å². The third-order valence-corrected chi connectivity index (χ3v) is 4.77. The van der Waals surface area contributed by atoms with E-state index in [9.17, 15) is 9.90 Å². The first-order valence-corrected chi connectivity index (χ1v) is 9.44. The van der Waals surface area contributed by atoms with Crippen molar-refractivity contribution in [2.24, 2.45) is 0 Å². The van der Waals surface area contributed by atoms with Gasteiger partial charge in [0.2, 0.25) is 5.95 Å². The Balaban J connectivity index is 1.78. The summed E-state index contributed by atoms with van der Waals surface area (Å²) in [4.78, 5) is 28.5. The average Bonchev–Trinajstić information content (AvgIpc) is 3.08. The molecule has 7 heteroatoms. The van der Waals surface area contributed by atoms with Crippen LogP contribution in [-0.4, -0.2) is 31.0 Å². The molecule has 3 N–H and O–H groups in total. The largest absolute Gasteiger partial charge is 0.478 e. The number of aromatic nitrogens is 4. The number of anilines is 1. The zero-order chi connectivity index (χ0) is 20.4. The molecule has 7 nitrogen and oxygen atoms in total. The molecule has 0 spiro atoms. The molecule has 0 radical (unpaired) electrons. The van der Waals surface area contributed by atoms with E-state index < -0.39 is 5.97 Å². The maximum atomic E-state index is 11.6. The van der Waals surface area contributed by atoms with E-state index >= 15 is 0 Å². The van der Waals surface area contributed by atoms with E-state index in [0.717, 1.165) is 22.2 Å². The van der Waals surface area contributed by atoms with Crippen molar-refractivity contribution >= 4 is 22.8 Å². The number of aryl methyl sites for hydroxylation is 2. The predicted octanol–water partition coefficient (Wildman–Crippen LogP) is 4.20. The maximum Gasteiger partial charge on any atom is 0.337 e. The van der Waals surface area contributed by atoms with Gasteiger partial charge in [-0.15, -0.1) is 0 Å². The van der Waals surface area contributed by atoms with Crippen molar-refractivity contribution in [3.8, 4) is 11.4 Å². The molecule has 146 valence electrons. The van der Waals surface area contributed by atoms with Gasteiger partial charge in [-0.05, 0) is 18.6 Å². The van der Waals surface area contributed by atoms with Crippen LogP contribution in [0.5, 0.6) is 0 Å². The second-order valence-electron chi connectivity index (χ2n) is 6.75. The van der Waals surface area contributed by atoms with Crippen LogP contribution < -0.4 is 5.32 Å². The summed E-state index contributed by atoms with van der Waals surface area (Å²) in [6, 6.07) is 15.2. The molecule has 29 heavy (non-hydrogen) atoms. The topological polar surface area (TPSA) is 104 Å². The number of para-hydroxylation sites is 1. The Morgan fingerprint density at radius 2 is 1.86 bits per heavy atom. The molecule has 0 aliphatic carbocycles. The fourth-order valence-corrected chi connectivity index (χ4v) is 3.36. The van der Waals surface area contributed by atoms with Crippen LogP contribution in [0.2, 0.25) is 0 Å². The fraction of sp³-hybridized carbons (Fsp3) is 0.182. The lowest BCUT2D eigenvalue weighted by molar-refractivity contribution is 0.0699. The summed E-state index contributed by atoms with van der Waals surface area (Å²) in [5.74, 6) is 0.727. The summed E-state index contributed by atoms with van der Waals surface area (Å²) >= 11 is 0. The number of nitrogens with one attached hydrogen (secondary N) is 2. The van der Waals surface area contributed by atoms with E-state index in [4.69, 9.17) is 0 Å². The summed E-state index contributed by atoms with van der Waals surface area (Å²) in [5.41, 5.74) is 3.54. The quantitative estimate of drug-likeness (QED) is 0.458. The molecule has 0 aliphatic rings. The Morgan fingerprint density at radius 3 is 2.59 bits per heavy atom. The second-order valence-corrected chi connectivity index (χ2v) is 6.75. The summed E-state index contributed by atoms with van der Waals surface area (Å²) < 4.78 is 0. The number of benzene rings is 2. The van der Waals surface area contributed by atoms with Crippen molar-refractivity contribution in [1.82, 2.24) is 19.9 Å². The molecule has 0 bridgehead atoms. The fourth-order valence-electron chi connectivity index (χ4n) is 3.36. The summed E-state index contributed by atoms with van der Waals surface area (Å²) in [6.07, 6.45) is 0.664. The Morgan fingerprint density at radius 1 is 1.07 bits per heavy atom. The SMILES string of the molecule is CCc1nc(NCc2ccccc2)nc(-c2c(C)[nH]c3c(C(=O)O)cccc23)n1. The first-order valence-electron chi connectivity index (χ1n) is 9.44. The van der Waals surface area contributed by atoms with Crippen LogP contribution in [0, 0.1) is 6.92 Å². The number of carboxylic acids is 1. The average molecular weight is 387 g/mol. The number of hydrogen-bond donors (Lipinski definition) is 3. The van der Waals surface area contributed by atoms with Gasteiger partial charge in [-0.25, -0.2) is 9.78 Å². The Kier molecular flexibility index (Phi) is 4.95. The lowest BCUT2D eigenvalue weighted by Gasteiger charge is -2.09.